The Morgan fingerprint density at radius 1 is 1.32 bits per heavy atom. The van der Waals surface area contributed by atoms with Gasteiger partial charge in [-0.1, -0.05) is 38.5 Å². The first kappa shape index (κ1) is 23.1. The molecule has 3 nitrogen and oxygen atoms in total. The lowest BCUT2D eigenvalue weighted by atomic mass is 9.86. The third-order valence-electron chi connectivity index (χ3n) is 5.48. The summed E-state index contributed by atoms with van der Waals surface area (Å²) in [5, 5.41) is -0.107. The summed E-state index contributed by atoms with van der Waals surface area (Å²) in [5.74, 6) is -5.11. The molecule has 2 atom stereocenters. The van der Waals surface area contributed by atoms with Crippen LogP contribution in [-0.2, 0) is 16.9 Å². The minimum Gasteiger partial charge on any atom is -0.300 e. The van der Waals surface area contributed by atoms with E-state index < -0.39 is 34.2 Å². The second-order valence-corrected chi connectivity index (χ2v) is 9.21. The van der Waals surface area contributed by atoms with Crippen molar-refractivity contribution in [2.75, 3.05) is 13.1 Å². The minimum atomic E-state index is -3.25. The van der Waals surface area contributed by atoms with Crippen LogP contribution in [0.1, 0.15) is 65.0 Å². The maximum atomic E-state index is 15.0. The molecule has 1 saturated heterocycles. The average molecular weight is 417 g/mol. The average Bonchev–Trinajstić information content (AvgIpc) is 2.57. The highest BCUT2D eigenvalue weighted by Crippen LogP contribution is 2.43. The van der Waals surface area contributed by atoms with Crippen molar-refractivity contribution in [3.63, 3.8) is 0 Å². The monoisotopic (exact) mass is 416 g/mol. The molecule has 1 aliphatic rings. The molecular weight excluding hydrogens is 385 g/mol. The fourth-order valence-electron chi connectivity index (χ4n) is 3.48. The summed E-state index contributed by atoms with van der Waals surface area (Å²) in [5.41, 5.74) is -0.406. The van der Waals surface area contributed by atoms with Crippen LogP contribution in [0.3, 0.4) is 0 Å². The normalized spacial score (nSPS) is 19.0. The Labute approximate surface area is 169 Å². The van der Waals surface area contributed by atoms with Crippen molar-refractivity contribution in [3.05, 3.63) is 35.1 Å². The van der Waals surface area contributed by atoms with Gasteiger partial charge in [-0.15, -0.1) is 0 Å². The molecule has 0 amide bonds. The lowest BCUT2D eigenvalue weighted by Crippen LogP contribution is -2.56. The van der Waals surface area contributed by atoms with E-state index in [1.165, 1.54) is 19.1 Å². The Balaban J connectivity index is 2.27. The zero-order valence-corrected chi connectivity index (χ0v) is 18.2. The van der Waals surface area contributed by atoms with Crippen molar-refractivity contribution in [1.29, 1.82) is 0 Å². The van der Waals surface area contributed by atoms with Gasteiger partial charge in [-0.25, -0.2) is 17.4 Å². The Morgan fingerprint density at radius 2 is 1.96 bits per heavy atom. The van der Waals surface area contributed by atoms with Gasteiger partial charge in [-0.2, -0.15) is 4.40 Å². The maximum absolute atomic E-state index is 15.0. The van der Waals surface area contributed by atoms with E-state index in [1.54, 1.807) is 0 Å². The fraction of sp³-hybridized carbons (Fsp3) is 0.667. The Hall–Kier alpha value is -1.21. The Bertz CT molecular complexity index is 730. The van der Waals surface area contributed by atoms with Crippen molar-refractivity contribution in [2.24, 2.45) is 10.3 Å². The summed E-state index contributed by atoms with van der Waals surface area (Å²) in [6.45, 7) is 9.88. The van der Waals surface area contributed by atoms with E-state index in [1.807, 2.05) is 32.6 Å². The topological polar surface area (TPSA) is 32.7 Å². The van der Waals surface area contributed by atoms with E-state index in [0.717, 1.165) is 18.9 Å². The van der Waals surface area contributed by atoms with E-state index >= 15 is 4.39 Å². The first-order valence-electron chi connectivity index (χ1n) is 10.0. The lowest BCUT2D eigenvalue weighted by molar-refractivity contribution is -0.132. The van der Waals surface area contributed by atoms with Gasteiger partial charge in [-0.3, -0.25) is 4.90 Å². The largest absolute Gasteiger partial charge is 0.300 e. The second-order valence-electron chi connectivity index (χ2n) is 7.81. The van der Waals surface area contributed by atoms with Crippen LogP contribution in [0.4, 0.5) is 13.2 Å². The minimum absolute atomic E-state index is 0.00286. The number of hydrogen-bond acceptors (Lipinski definition) is 2. The van der Waals surface area contributed by atoms with Gasteiger partial charge >= 0.3 is 0 Å². The Morgan fingerprint density at radius 3 is 2.50 bits per heavy atom. The molecule has 7 heteroatoms. The molecule has 1 aliphatic heterocycles. The molecular formula is C21H31F3N2OS. The van der Waals surface area contributed by atoms with Crippen LogP contribution in [0.5, 0.6) is 0 Å². The van der Waals surface area contributed by atoms with Crippen LogP contribution in [0.25, 0.3) is 0 Å². The van der Waals surface area contributed by atoms with E-state index in [9.17, 15) is 13.0 Å². The van der Waals surface area contributed by atoms with Crippen molar-refractivity contribution < 1.29 is 17.4 Å². The summed E-state index contributed by atoms with van der Waals surface area (Å²) in [7, 11) is -1.51. The highest BCUT2D eigenvalue weighted by atomic mass is 32.2. The van der Waals surface area contributed by atoms with Crippen LogP contribution in [0.2, 0.25) is 0 Å². The summed E-state index contributed by atoms with van der Waals surface area (Å²) in [4.78, 5) is 1.94. The van der Waals surface area contributed by atoms with Crippen LogP contribution in [0, 0.1) is 11.7 Å². The van der Waals surface area contributed by atoms with Crippen molar-refractivity contribution in [1.82, 2.24) is 4.90 Å². The molecule has 0 aromatic heterocycles. The van der Waals surface area contributed by atoms with Gasteiger partial charge < -0.3 is 0 Å². The van der Waals surface area contributed by atoms with Gasteiger partial charge in [-0.05, 0) is 33.6 Å². The molecule has 28 heavy (non-hydrogen) atoms. The smallest absolute Gasteiger partial charge is 0.281 e. The van der Waals surface area contributed by atoms with Gasteiger partial charge in [0.05, 0.1) is 22.4 Å². The van der Waals surface area contributed by atoms with Gasteiger partial charge in [0.25, 0.3) is 5.92 Å². The third-order valence-corrected chi connectivity index (χ3v) is 7.07. The van der Waals surface area contributed by atoms with Gasteiger partial charge in [0.15, 0.2) is 0 Å². The van der Waals surface area contributed by atoms with E-state index in [2.05, 4.69) is 4.40 Å². The van der Waals surface area contributed by atoms with E-state index in [0.29, 0.717) is 6.42 Å². The summed E-state index contributed by atoms with van der Waals surface area (Å²) >= 11 is 0. The number of benzene rings is 1. The summed E-state index contributed by atoms with van der Waals surface area (Å²) in [6, 6.07) is 4.19. The first-order chi connectivity index (χ1) is 13.1. The highest BCUT2D eigenvalue weighted by molar-refractivity contribution is 7.84. The summed E-state index contributed by atoms with van der Waals surface area (Å²) < 4.78 is 61.4. The zero-order chi connectivity index (χ0) is 21.1. The molecule has 0 bridgehead atoms. The van der Waals surface area contributed by atoms with Crippen molar-refractivity contribution >= 4 is 16.7 Å². The van der Waals surface area contributed by atoms with Gasteiger partial charge in [0, 0.05) is 24.7 Å². The zero-order valence-electron chi connectivity index (χ0n) is 17.3. The summed E-state index contributed by atoms with van der Waals surface area (Å²) in [6.07, 6.45) is 2.34. The number of likely N-dealkylation sites (tertiary alicyclic amines) is 1. The number of nitrogens with zero attached hydrogens (tertiary/aromatic N) is 2. The van der Waals surface area contributed by atoms with Crippen molar-refractivity contribution in [3.8, 4) is 0 Å². The third kappa shape index (κ3) is 4.85. The molecule has 0 N–H and O–H groups in total. The van der Waals surface area contributed by atoms with Gasteiger partial charge in [0.2, 0.25) is 0 Å². The number of hydrogen-bond donors (Lipinski definition) is 0. The predicted molar refractivity (Wildman–Crippen MR) is 110 cm³/mol. The number of rotatable bonds is 9. The number of alkyl halides is 2. The van der Waals surface area contributed by atoms with Crippen LogP contribution >= 0.6 is 0 Å². The maximum Gasteiger partial charge on any atom is 0.281 e. The van der Waals surface area contributed by atoms with Crippen LogP contribution < -0.4 is 0 Å². The molecule has 1 aromatic rings. The fourth-order valence-corrected chi connectivity index (χ4v) is 4.72. The quantitative estimate of drug-likeness (QED) is 0.511. The van der Waals surface area contributed by atoms with E-state index in [4.69, 9.17) is 0 Å². The molecule has 0 saturated carbocycles. The molecule has 1 aromatic carbocycles. The molecule has 2 unspecified atom stereocenters. The lowest BCUT2D eigenvalue weighted by Gasteiger charge is -2.45. The first-order valence-corrected chi connectivity index (χ1v) is 11.2. The standard InChI is InChI=1S/C21H31F3N2OS/c1-6-9-17(7-2)28(27)25-15(5)18-10-8-11-19(20(18)22)21(23,24)16-12-26(13-16)14(3)4/h8,10-11,14,16-17H,6-7,9,12-13H2,1-5H3/b25-15-. The second kappa shape index (κ2) is 9.53. The molecule has 158 valence electrons. The van der Waals surface area contributed by atoms with Crippen LogP contribution in [-0.4, -0.2) is 39.2 Å². The predicted octanol–water partition coefficient (Wildman–Crippen LogP) is 5.31. The molecule has 0 spiro atoms. The highest BCUT2D eigenvalue weighted by Gasteiger charge is 2.49. The van der Waals surface area contributed by atoms with Crippen LogP contribution in [0.15, 0.2) is 22.6 Å². The van der Waals surface area contributed by atoms with Gasteiger partial charge in [0.1, 0.15) is 16.8 Å². The molecule has 0 aliphatic carbocycles. The van der Waals surface area contributed by atoms with Crippen molar-refractivity contribution in [2.45, 2.75) is 71.1 Å². The molecule has 2 rings (SSSR count). The molecule has 1 heterocycles. The number of halogens is 3. The Kier molecular flexibility index (Phi) is 7.85. The molecule has 1 fully saturated rings. The SMILES string of the molecule is CCCC(CC)S(=O)/N=C(/C)c1cccc(C(F)(F)C2CN(C(C)C)C2)c1F. The van der Waals surface area contributed by atoms with E-state index in [-0.39, 0.29) is 35.7 Å². The molecule has 0 radical (unpaired) electrons.